The van der Waals surface area contributed by atoms with Gasteiger partial charge < -0.3 is 18.9 Å². The predicted octanol–water partition coefficient (Wildman–Crippen LogP) is 9.73. The van der Waals surface area contributed by atoms with Gasteiger partial charge in [-0.25, -0.2) is 0 Å². The largest absolute Gasteiger partial charge is 0.469 e. The minimum Gasteiger partial charge on any atom is -0.469 e. The molecule has 8 heteroatoms. The van der Waals surface area contributed by atoms with E-state index < -0.39 is 18.3 Å². The highest BCUT2D eigenvalue weighted by atomic mass is 16.6. The fraction of sp³-hybridized carbons (Fsp3) is 0.892. The predicted molar refractivity (Wildman–Crippen MR) is 180 cm³/mol. The van der Waals surface area contributed by atoms with Crippen LogP contribution in [0.3, 0.4) is 0 Å². The average molecular weight is 641 g/mol. The number of unbranched alkanes of at least 4 members (excludes halogenated alkanes) is 13. The van der Waals surface area contributed by atoms with Crippen LogP contribution in [0, 0.1) is 0 Å². The summed E-state index contributed by atoms with van der Waals surface area (Å²) in [7, 11) is 1.40. The SMILES string of the molecule is CCCCCC[C@H](C[C@@H](OC(=O)CCCCC)[C@@H](CCCCCCCC(=O)OC)OC(=O)CCCCC)OC(=O)CCCCC. The molecule has 0 bridgehead atoms. The van der Waals surface area contributed by atoms with E-state index in [2.05, 4.69) is 27.7 Å². The molecule has 0 rings (SSSR count). The minimum atomic E-state index is -0.673. The van der Waals surface area contributed by atoms with Crippen LogP contribution < -0.4 is 0 Å². The van der Waals surface area contributed by atoms with Gasteiger partial charge in [0, 0.05) is 32.1 Å². The van der Waals surface area contributed by atoms with Crippen LogP contribution in [0.4, 0.5) is 0 Å². The molecule has 0 saturated heterocycles. The molecule has 0 spiro atoms. The number of hydrogen-bond acceptors (Lipinski definition) is 8. The van der Waals surface area contributed by atoms with Gasteiger partial charge in [-0.1, -0.05) is 105 Å². The first-order chi connectivity index (χ1) is 21.8. The van der Waals surface area contributed by atoms with Crippen molar-refractivity contribution in [2.75, 3.05) is 7.11 Å². The fourth-order valence-electron chi connectivity index (χ4n) is 5.38. The summed E-state index contributed by atoms with van der Waals surface area (Å²) >= 11 is 0. The van der Waals surface area contributed by atoms with E-state index in [1.165, 1.54) is 7.11 Å². The first-order valence-corrected chi connectivity index (χ1v) is 18.5. The van der Waals surface area contributed by atoms with Gasteiger partial charge in [0.05, 0.1) is 7.11 Å². The van der Waals surface area contributed by atoms with Gasteiger partial charge in [-0.2, -0.15) is 0 Å². The first-order valence-electron chi connectivity index (χ1n) is 18.5. The van der Waals surface area contributed by atoms with E-state index in [4.69, 9.17) is 18.9 Å². The number of ether oxygens (including phenoxy) is 4. The topological polar surface area (TPSA) is 105 Å². The normalized spacial score (nSPS) is 13.1. The lowest BCUT2D eigenvalue weighted by atomic mass is 9.97. The molecule has 0 radical (unpaired) electrons. The molecule has 0 fully saturated rings. The number of rotatable bonds is 31. The third-order valence-electron chi connectivity index (χ3n) is 8.20. The van der Waals surface area contributed by atoms with Gasteiger partial charge in [-0.3, -0.25) is 19.2 Å². The molecule has 0 aromatic rings. The summed E-state index contributed by atoms with van der Waals surface area (Å²) in [6.45, 7) is 8.46. The highest BCUT2D eigenvalue weighted by Gasteiger charge is 2.32. The monoisotopic (exact) mass is 640 g/mol. The number of carbonyl (C=O) groups is 4. The standard InChI is InChI=1S/C37H68O8/c1-6-10-14-21-24-31(43-35(39)27-18-11-7-2)30-33(45-37(41)29-20-13-9-4)32(44-36(40)28-19-12-8-3)25-22-16-15-17-23-26-34(38)42-5/h31-33H,6-30H2,1-5H3/t31-,32-,33-/m1/s1. The molecular weight excluding hydrogens is 572 g/mol. The van der Waals surface area contributed by atoms with Crippen molar-refractivity contribution in [2.45, 2.75) is 207 Å². The quantitative estimate of drug-likeness (QED) is 0.0419. The Hall–Kier alpha value is -2.12. The molecule has 264 valence electrons. The van der Waals surface area contributed by atoms with Crippen molar-refractivity contribution in [2.24, 2.45) is 0 Å². The van der Waals surface area contributed by atoms with Crippen LogP contribution in [0.5, 0.6) is 0 Å². The molecule has 45 heavy (non-hydrogen) atoms. The number of carbonyl (C=O) groups excluding carboxylic acids is 4. The highest BCUT2D eigenvalue weighted by molar-refractivity contribution is 5.71. The zero-order valence-electron chi connectivity index (χ0n) is 29.7. The van der Waals surface area contributed by atoms with Gasteiger partial charge >= 0.3 is 23.9 Å². The van der Waals surface area contributed by atoms with Crippen molar-refractivity contribution in [3.63, 3.8) is 0 Å². The number of hydrogen-bond donors (Lipinski definition) is 0. The Kier molecular flexibility index (Phi) is 29.1. The molecule has 0 amide bonds. The molecule has 0 aliphatic carbocycles. The second kappa shape index (κ2) is 30.5. The van der Waals surface area contributed by atoms with Gasteiger partial charge in [0.1, 0.15) is 18.3 Å². The van der Waals surface area contributed by atoms with Gasteiger partial charge in [-0.05, 0) is 51.4 Å². The van der Waals surface area contributed by atoms with Crippen molar-refractivity contribution in [1.29, 1.82) is 0 Å². The van der Waals surface area contributed by atoms with Crippen LogP contribution in [-0.2, 0) is 38.1 Å². The molecule has 0 aliphatic heterocycles. The van der Waals surface area contributed by atoms with Gasteiger partial charge in [0.15, 0.2) is 0 Å². The van der Waals surface area contributed by atoms with Gasteiger partial charge in [0.2, 0.25) is 0 Å². The summed E-state index contributed by atoms with van der Waals surface area (Å²) in [4.78, 5) is 50.2. The Balaban J connectivity index is 5.79. The van der Waals surface area contributed by atoms with Crippen LogP contribution in [0.15, 0.2) is 0 Å². The van der Waals surface area contributed by atoms with E-state index in [0.717, 1.165) is 116 Å². The Bertz CT molecular complexity index is 753. The second-order valence-electron chi connectivity index (χ2n) is 12.5. The first kappa shape index (κ1) is 42.9. The molecule has 0 aromatic heterocycles. The van der Waals surface area contributed by atoms with E-state index >= 15 is 0 Å². The van der Waals surface area contributed by atoms with Crippen LogP contribution in [0.1, 0.15) is 188 Å². The second-order valence-corrected chi connectivity index (χ2v) is 12.5. The smallest absolute Gasteiger partial charge is 0.306 e. The van der Waals surface area contributed by atoms with Crippen molar-refractivity contribution < 1.29 is 38.1 Å². The zero-order valence-corrected chi connectivity index (χ0v) is 29.7. The third kappa shape index (κ3) is 25.7. The summed E-state index contributed by atoms with van der Waals surface area (Å²) < 4.78 is 22.9. The number of methoxy groups -OCH3 is 1. The van der Waals surface area contributed by atoms with E-state index in [0.29, 0.717) is 44.9 Å². The van der Waals surface area contributed by atoms with Crippen LogP contribution in [-0.4, -0.2) is 49.3 Å². The Labute approximate surface area is 275 Å². The summed E-state index contributed by atoms with van der Waals surface area (Å²) in [6.07, 6.45) is 18.2. The highest BCUT2D eigenvalue weighted by Crippen LogP contribution is 2.24. The van der Waals surface area contributed by atoms with Crippen LogP contribution >= 0.6 is 0 Å². The maximum Gasteiger partial charge on any atom is 0.306 e. The summed E-state index contributed by atoms with van der Waals surface area (Å²) in [6, 6.07) is 0. The summed E-state index contributed by atoms with van der Waals surface area (Å²) in [5.74, 6) is -0.960. The Morgan fingerprint density at radius 1 is 0.422 bits per heavy atom. The van der Waals surface area contributed by atoms with E-state index in [9.17, 15) is 19.2 Å². The van der Waals surface area contributed by atoms with E-state index in [1.54, 1.807) is 0 Å². The summed E-state index contributed by atoms with van der Waals surface area (Å²) in [5.41, 5.74) is 0. The van der Waals surface area contributed by atoms with E-state index in [-0.39, 0.29) is 23.9 Å². The number of esters is 4. The lowest BCUT2D eigenvalue weighted by Gasteiger charge is -2.30. The van der Waals surface area contributed by atoms with Gasteiger partial charge in [0.25, 0.3) is 0 Å². The fourth-order valence-corrected chi connectivity index (χ4v) is 5.38. The third-order valence-corrected chi connectivity index (χ3v) is 8.20. The molecule has 0 N–H and O–H groups in total. The Morgan fingerprint density at radius 2 is 0.800 bits per heavy atom. The zero-order chi connectivity index (χ0) is 33.5. The maximum absolute atomic E-state index is 13.0. The molecule has 3 atom stereocenters. The lowest BCUT2D eigenvalue weighted by Crippen LogP contribution is -2.39. The molecular formula is C37H68O8. The average Bonchev–Trinajstić information content (AvgIpc) is 3.01. The van der Waals surface area contributed by atoms with E-state index in [1.807, 2.05) is 0 Å². The molecule has 0 aromatic carbocycles. The molecule has 0 saturated carbocycles. The maximum atomic E-state index is 13.0. The van der Waals surface area contributed by atoms with Crippen molar-refractivity contribution >= 4 is 23.9 Å². The van der Waals surface area contributed by atoms with Gasteiger partial charge in [-0.15, -0.1) is 0 Å². The summed E-state index contributed by atoms with van der Waals surface area (Å²) in [5, 5.41) is 0. The minimum absolute atomic E-state index is 0.191. The lowest BCUT2D eigenvalue weighted by molar-refractivity contribution is -0.174. The molecule has 0 aliphatic rings. The molecule has 0 unspecified atom stereocenters. The van der Waals surface area contributed by atoms with Crippen LogP contribution in [0.25, 0.3) is 0 Å². The van der Waals surface area contributed by atoms with Crippen molar-refractivity contribution in [3.05, 3.63) is 0 Å². The van der Waals surface area contributed by atoms with Crippen molar-refractivity contribution in [3.8, 4) is 0 Å². The Morgan fingerprint density at radius 3 is 1.33 bits per heavy atom. The van der Waals surface area contributed by atoms with Crippen LogP contribution in [0.2, 0.25) is 0 Å². The van der Waals surface area contributed by atoms with Crippen molar-refractivity contribution in [1.82, 2.24) is 0 Å². The molecule has 8 nitrogen and oxygen atoms in total. The molecule has 0 heterocycles.